The fourth-order valence-electron chi connectivity index (χ4n) is 2.06. The Morgan fingerprint density at radius 1 is 1.50 bits per heavy atom. The summed E-state index contributed by atoms with van der Waals surface area (Å²) in [5.74, 6) is 0.893. The molecule has 1 heterocycles. The smallest absolute Gasteiger partial charge is 0.211 e. The van der Waals surface area contributed by atoms with Crippen LogP contribution in [0.15, 0.2) is 0 Å². The lowest BCUT2D eigenvalue weighted by atomic mass is 9.95. The van der Waals surface area contributed by atoms with Gasteiger partial charge in [-0.1, -0.05) is 6.92 Å². The predicted molar refractivity (Wildman–Crippen MR) is 67.3 cm³/mol. The minimum atomic E-state index is -3.15. The number of hydrogen-bond donors (Lipinski definition) is 1. The highest BCUT2D eigenvalue weighted by molar-refractivity contribution is 7.89. The van der Waals surface area contributed by atoms with Crippen LogP contribution in [0.2, 0.25) is 0 Å². The number of hydrogen-bond acceptors (Lipinski definition) is 3. The average Bonchev–Trinajstić information content (AvgIpc) is 2.19. The van der Waals surface area contributed by atoms with Crippen LogP contribution in [0.4, 0.5) is 0 Å². The number of rotatable bonds is 5. The first kappa shape index (κ1) is 14.2. The largest absolute Gasteiger partial charge is 0.306 e. The number of alkyl halides is 1. The minimum Gasteiger partial charge on any atom is -0.306 e. The van der Waals surface area contributed by atoms with Crippen molar-refractivity contribution in [2.45, 2.75) is 25.8 Å². The van der Waals surface area contributed by atoms with Crippen molar-refractivity contribution in [2.24, 2.45) is 5.92 Å². The fourth-order valence-corrected chi connectivity index (χ4v) is 3.81. The van der Waals surface area contributed by atoms with Crippen molar-refractivity contribution in [1.29, 1.82) is 0 Å². The van der Waals surface area contributed by atoms with Crippen LogP contribution in [-0.2, 0) is 10.0 Å². The minimum absolute atomic E-state index is 0.0801. The van der Waals surface area contributed by atoms with E-state index in [0.29, 0.717) is 18.2 Å². The molecule has 0 spiro atoms. The van der Waals surface area contributed by atoms with Gasteiger partial charge in [-0.2, -0.15) is 0 Å². The van der Waals surface area contributed by atoms with Crippen molar-refractivity contribution < 1.29 is 8.42 Å². The summed E-state index contributed by atoms with van der Waals surface area (Å²) in [6.07, 6.45) is 1.40. The van der Waals surface area contributed by atoms with Crippen LogP contribution >= 0.6 is 11.6 Å². The second kappa shape index (κ2) is 6.19. The van der Waals surface area contributed by atoms with E-state index in [0.717, 1.165) is 19.5 Å². The first-order valence-electron chi connectivity index (χ1n) is 5.69. The zero-order valence-electron chi connectivity index (χ0n) is 9.95. The van der Waals surface area contributed by atoms with Gasteiger partial charge in [-0.3, -0.25) is 0 Å². The number of nitrogens with one attached hydrogen (secondary N) is 1. The third-order valence-electron chi connectivity index (χ3n) is 2.99. The molecule has 2 unspecified atom stereocenters. The maximum Gasteiger partial charge on any atom is 0.211 e. The summed E-state index contributed by atoms with van der Waals surface area (Å²) in [5, 5.41) is 0. The highest BCUT2D eigenvalue weighted by atomic mass is 35.5. The van der Waals surface area contributed by atoms with E-state index in [1.54, 1.807) is 0 Å². The summed E-state index contributed by atoms with van der Waals surface area (Å²) >= 11 is 5.50. The molecule has 16 heavy (non-hydrogen) atoms. The third-order valence-corrected chi connectivity index (χ3v) is 4.74. The molecular formula is C10H21ClN2O2S. The number of halogens is 1. The van der Waals surface area contributed by atoms with Crippen molar-refractivity contribution in [3.8, 4) is 0 Å². The van der Waals surface area contributed by atoms with Crippen molar-refractivity contribution in [2.75, 3.05) is 31.8 Å². The SMILES string of the molecule is CC1CN(C)CCC1NS(=O)(=O)CCCCl. The molecule has 0 radical (unpaired) electrons. The number of nitrogens with zero attached hydrogens (tertiary/aromatic N) is 1. The van der Waals surface area contributed by atoms with Gasteiger partial charge in [-0.05, 0) is 32.4 Å². The van der Waals surface area contributed by atoms with E-state index in [1.807, 2.05) is 0 Å². The van der Waals surface area contributed by atoms with Crippen molar-refractivity contribution in [1.82, 2.24) is 9.62 Å². The number of piperidine rings is 1. The molecule has 4 nitrogen and oxygen atoms in total. The number of sulfonamides is 1. The molecule has 0 aromatic heterocycles. The quantitative estimate of drug-likeness (QED) is 0.753. The Bertz CT molecular complexity index is 308. The summed E-state index contributed by atoms with van der Waals surface area (Å²) in [4.78, 5) is 2.23. The van der Waals surface area contributed by atoms with Crippen LogP contribution < -0.4 is 4.72 Å². The van der Waals surface area contributed by atoms with E-state index < -0.39 is 10.0 Å². The van der Waals surface area contributed by atoms with Gasteiger partial charge in [0.25, 0.3) is 0 Å². The topological polar surface area (TPSA) is 49.4 Å². The maximum absolute atomic E-state index is 11.7. The lowest BCUT2D eigenvalue weighted by Gasteiger charge is -2.34. The molecule has 1 fully saturated rings. The zero-order valence-corrected chi connectivity index (χ0v) is 11.5. The second-order valence-electron chi connectivity index (χ2n) is 4.61. The molecule has 0 aliphatic carbocycles. The first-order valence-corrected chi connectivity index (χ1v) is 7.88. The Hall–Kier alpha value is 0.160. The second-order valence-corrected chi connectivity index (χ2v) is 6.87. The summed E-state index contributed by atoms with van der Waals surface area (Å²) in [7, 11) is -1.08. The highest BCUT2D eigenvalue weighted by Crippen LogP contribution is 2.16. The first-order chi connectivity index (χ1) is 7.44. The van der Waals surface area contributed by atoms with Crippen LogP contribution in [0, 0.1) is 5.92 Å². The standard InChI is InChI=1S/C10H21ClN2O2S/c1-9-8-13(2)6-4-10(9)12-16(14,15)7-3-5-11/h9-10,12H,3-8H2,1-2H3. The Balaban J connectivity index is 2.47. The molecule has 2 atom stereocenters. The summed E-state index contributed by atoms with van der Waals surface area (Å²) in [6.45, 7) is 3.99. The Morgan fingerprint density at radius 3 is 2.75 bits per heavy atom. The van der Waals surface area contributed by atoms with Crippen molar-refractivity contribution in [3.05, 3.63) is 0 Å². The van der Waals surface area contributed by atoms with Gasteiger partial charge in [0, 0.05) is 18.5 Å². The monoisotopic (exact) mass is 268 g/mol. The molecule has 0 aromatic rings. The summed E-state index contributed by atoms with van der Waals surface area (Å²) in [6, 6.07) is 0.0801. The van der Waals surface area contributed by atoms with Crippen LogP contribution in [0.5, 0.6) is 0 Å². The number of likely N-dealkylation sites (tertiary alicyclic amines) is 1. The van der Waals surface area contributed by atoms with Crippen LogP contribution in [0.1, 0.15) is 19.8 Å². The van der Waals surface area contributed by atoms with Crippen LogP contribution in [0.3, 0.4) is 0 Å². The van der Waals surface area contributed by atoms with Gasteiger partial charge in [-0.25, -0.2) is 13.1 Å². The summed E-state index contributed by atoms with van der Waals surface area (Å²) < 4.78 is 26.2. The molecule has 0 amide bonds. The third kappa shape index (κ3) is 4.57. The Labute approximate surface area is 103 Å². The fraction of sp³-hybridized carbons (Fsp3) is 1.00. The maximum atomic E-state index is 11.7. The van der Waals surface area contributed by atoms with E-state index in [4.69, 9.17) is 11.6 Å². The Kier molecular flexibility index (Phi) is 5.50. The van der Waals surface area contributed by atoms with Gasteiger partial charge in [0.1, 0.15) is 0 Å². The molecule has 0 aromatic carbocycles. The molecule has 1 saturated heterocycles. The molecule has 1 rings (SSSR count). The molecule has 6 heteroatoms. The van der Waals surface area contributed by atoms with Crippen molar-refractivity contribution >= 4 is 21.6 Å². The molecule has 0 bridgehead atoms. The van der Waals surface area contributed by atoms with Gasteiger partial charge in [-0.15, -0.1) is 11.6 Å². The Morgan fingerprint density at radius 2 is 2.19 bits per heavy atom. The zero-order chi connectivity index (χ0) is 12.2. The van der Waals surface area contributed by atoms with E-state index in [1.165, 1.54) is 0 Å². The van der Waals surface area contributed by atoms with Gasteiger partial charge in [0.2, 0.25) is 10.0 Å². The van der Waals surface area contributed by atoms with Crippen molar-refractivity contribution in [3.63, 3.8) is 0 Å². The van der Waals surface area contributed by atoms with E-state index in [9.17, 15) is 8.42 Å². The highest BCUT2D eigenvalue weighted by Gasteiger charge is 2.27. The molecular weight excluding hydrogens is 248 g/mol. The van der Waals surface area contributed by atoms with E-state index in [2.05, 4.69) is 23.6 Å². The molecule has 1 aliphatic rings. The molecule has 1 N–H and O–H groups in total. The lowest BCUT2D eigenvalue weighted by molar-refractivity contribution is 0.188. The normalized spacial score (nSPS) is 28.2. The molecule has 1 aliphatic heterocycles. The lowest BCUT2D eigenvalue weighted by Crippen LogP contribution is -2.49. The van der Waals surface area contributed by atoms with E-state index in [-0.39, 0.29) is 11.8 Å². The van der Waals surface area contributed by atoms with Gasteiger partial charge >= 0.3 is 0 Å². The van der Waals surface area contributed by atoms with Crippen LogP contribution in [-0.4, -0.2) is 51.1 Å². The van der Waals surface area contributed by atoms with Crippen LogP contribution in [0.25, 0.3) is 0 Å². The molecule has 96 valence electrons. The average molecular weight is 269 g/mol. The van der Waals surface area contributed by atoms with Gasteiger partial charge in [0.05, 0.1) is 5.75 Å². The molecule has 0 saturated carbocycles. The van der Waals surface area contributed by atoms with Gasteiger partial charge in [0.15, 0.2) is 0 Å². The predicted octanol–water partition coefficient (Wildman–Crippen LogP) is 0.875. The summed E-state index contributed by atoms with van der Waals surface area (Å²) in [5.41, 5.74) is 0. The van der Waals surface area contributed by atoms with Gasteiger partial charge < -0.3 is 4.90 Å². The van der Waals surface area contributed by atoms with E-state index >= 15 is 0 Å².